The van der Waals surface area contributed by atoms with E-state index in [4.69, 9.17) is 6.57 Å². The first-order chi connectivity index (χ1) is 14.0. The van der Waals surface area contributed by atoms with E-state index in [-0.39, 0.29) is 5.91 Å². The quantitative estimate of drug-likeness (QED) is 0.537. The summed E-state index contributed by atoms with van der Waals surface area (Å²) in [5.74, 6) is 6.54. The van der Waals surface area contributed by atoms with Crippen LogP contribution in [0.4, 0.5) is 11.4 Å². The number of amides is 1. The Kier molecular flexibility index (Phi) is 4.80. The van der Waals surface area contributed by atoms with Gasteiger partial charge in [0.15, 0.2) is 5.69 Å². The molecule has 0 spiro atoms. The SMILES string of the molecule is [C-]#[N+]c1ccc(NC(=O)C(C)(C)n2cc(C#CC3CNC3)cn2)c2ccccc12. The molecule has 6 heteroatoms. The van der Waals surface area contributed by atoms with Crippen LogP contribution in [0.2, 0.25) is 0 Å². The molecule has 2 heterocycles. The van der Waals surface area contributed by atoms with Crippen molar-refractivity contribution in [2.45, 2.75) is 19.4 Å². The molecule has 0 saturated carbocycles. The Hall–Kier alpha value is -3.61. The fourth-order valence-corrected chi connectivity index (χ4v) is 3.14. The van der Waals surface area contributed by atoms with Gasteiger partial charge < -0.3 is 10.6 Å². The molecule has 1 fully saturated rings. The Morgan fingerprint density at radius 3 is 2.72 bits per heavy atom. The fraction of sp³-hybridized carbons (Fsp3) is 0.261. The van der Waals surface area contributed by atoms with Crippen LogP contribution in [-0.4, -0.2) is 28.8 Å². The molecule has 4 rings (SSSR count). The minimum Gasteiger partial charge on any atom is -0.324 e. The lowest BCUT2D eigenvalue weighted by Gasteiger charge is -2.24. The highest BCUT2D eigenvalue weighted by molar-refractivity contribution is 6.08. The molecule has 2 N–H and O–H groups in total. The smallest absolute Gasteiger partial charge is 0.251 e. The second kappa shape index (κ2) is 7.43. The molecule has 2 aromatic carbocycles. The van der Waals surface area contributed by atoms with Gasteiger partial charge in [0.05, 0.1) is 18.3 Å². The number of benzene rings is 2. The van der Waals surface area contributed by atoms with Crippen molar-refractivity contribution in [2.24, 2.45) is 5.92 Å². The van der Waals surface area contributed by atoms with Crippen molar-refractivity contribution in [2.75, 3.05) is 18.4 Å². The summed E-state index contributed by atoms with van der Waals surface area (Å²) < 4.78 is 1.64. The van der Waals surface area contributed by atoms with Gasteiger partial charge in [-0.1, -0.05) is 42.2 Å². The van der Waals surface area contributed by atoms with Crippen LogP contribution >= 0.6 is 0 Å². The molecule has 1 aliphatic rings. The lowest BCUT2D eigenvalue weighted by molar-refractivity contribution is -0.123. The fourth-order valence-electron chi connectivity index (χ4n) is 3.14. The van der Waals surface area contributed by atoms with Crippen molar-refractivity contribution >= 4 is 28.1 Å². The second-order valence-corrected chi connectivity index (χ2v) is 7.60. The first kappa shape index (κ1) is 18.7. The molecular weight excluding hydrogens is 362 g/mol. The van der Waals surface area contributed by atoms with Gasteiger partial charge in [-0.25, -0.2) is 4.85 Å². The van der Waals surface area contributed by atoms with Crippen LogP contribution in [0.25, 0.3) is 15.6 Å². The predicted molar refractivity (Wildman–Crippen MR) is 114 cm³/mol. The van der Waals surface area contributed by atoms with E-state index in [0.29, 0.717) is 17.3 Å². The van der Waals surface area contributed by atoms with Crippen LogP contribution in [-0.2, 0) is 10.3 Å². The van der Waals surface area contributed by atoms with Crippen LogP contribution in [0.5, 0.6) is 0 Å². The molecule has 0 radical (unpaired) electrons. The van der Waals surface area contributed by atoms with Gasteiger partial charge in [-0.15, -0.1) is 0 Å². The van der Waals surface area contributed by atoms with Gasteiger partial charge in [0, 0.05) is 30.9 Å². The zero-order valence-electron chi connectivity index (χ0n) is 16.4. The van der Waals surface area contributed by atoms with Gasteiger partial charge in [-0.2, -0.15) is 5.10 Å². The topological polar surface area (TPSA) is 63.3 Å². The second-order valence-electron chi connectivity index (χ2n) is 7.60. The van der Waals surface area contributed by atoms with Crippen molar-refractivity contribution in [3.05, 3.63) is 65.8 Å². The molecule has 0 bridgehead atoms. The molecule has 0 aliphatic carbocycles. The zero-order chi connectivity index (χ0) is 20.4. The largest absolute Gasteiger partial charge is 0.324 e. The lowest BCUT2D eigenvalue weighted by Crippen LogP contribution is -2.41. The van der Waals surface area contributed by atoms with E-state index in [2.05, 4.69) is 32.4 Å². The van der Waals surface area contributed by atoms with Crippen molar-refractivity contribution in [1.29, 1.82) is 0 Å². The van der Waals surface area contributed by atoms with E-state index < -0.39 is 5.54 Å². The van der Waals surface area contributed by atoms with Gasteiger partial charge in [0.1, 0.15) is 5.54 Å². The van der Waals surface area contributed by atoms with Crippen LogP contribution in [0.3, 0.4) is 0 Å². The predicted octanol–water partition coefficient (Wildman–Crippen LogP) is 3.53. The Morgan fingerprint density at radius 1 is 1.28 bits per heavy atom. The first-order valence-corrected chi connectivity index (χ1v) is 9.47. The number of hydrogen-bond acceptors (Lipinski definition) is 3. The molecule has 0 unspecified atom stereocenters. The number of anilines is 1. The van der Waals surface area contributed by atoms with E-state index in [0.717, 1.165) is 29.4 Å². The number of fused-ring (bicyclic) bond motifs is 1. The molecule has 1 amide bonds. The number of carbonyl (C=O) groups excluding carboxylic acids is 1. The van der Waals surface area contributed by atoms with E-state index in [1.54, 1.807) is 29.2 Å². The molecule has 29 heavy (non-hydrogen) atoms. The molecule has 1 aliphatic heterocycles. The highest BCUT2D eigenvalue weighted by Gasteiger charge is 2.31. The number of hydrogen-bond donors (Lipinski definition) is 2. The van der Waals surface area contributed by atoms with Crippen molar-refractivity contribution in [3.63, 3.8) is 0 Å². The average molecular weight is 383 g/mol. The van der Waals surface area contributed by atoms with Crippen LogP contribution in [0, 0.1) is 24.3 Å². The number of nitrogens with one attached hydrogen (secondary N) is 2. The third-order valence-corrected chi connectivity index (χ3v) is 5.18. The van der Waals surface area contributed by atoms with Crippen molar-refractivity contribution in [1.82, 2.24) is 15.1 Å². The number of nitrogens with zero attached hydrogens (tertiary/aromatic N) is 3. The molecular formula is C23H21N5O. The normalized spacial score (nSPS) is 13.8. The molecule has 1 saturated heterocycles. The summed E-state index contributed by atoms with van der Waals surface area (Å²) in [6.45, 7) is 12.8. The first-order valence-electron chi connectivity index (χ1n) is 9.47. The summed E-state index contributed by atoms with van der Waals surface area (Å²) in [6.07, 6.45) is 3.49. The summed E-state index contributed by atoms with van der Waals surface area (Å²) in [5.41, 5.74) is 1.13. The summed E-state index contributed by atoms with van der Waals surface area (Å²) in [6, 6.07) is 11.1. The van der Waals surface area contributed by atoms with Crippen LogP contribution < -0.4 is 10.6 Å². The maximum Gasteiger partial charge on any atom is 0.251 e. The third-order valence-electron chi connectivity index (χ3n) is 5.18. The van der Waals surface area contributed by atoms with E-state index in [1.165, 1.54) is 0 Å². The van der Waals surface area contributed by atoms with Gasteiger partial charge in [-0.05, 0) is 30.7 Å². The Labute approximate surface area is 169 Å². The highest BCUT2D eigenvalue weighted by Crippen LogP contribution is 2.32. The standard InChI is InChI=1S/C23H21N5O/c1-23(2,28-15-17(14-26-28)9-8-16-12-25-13-16)22(29)27-21-11-10-20(24-3)18-6-4-5-7-19(18)21/h4-7,10-11,14-16,25H,12-13H2,1-2H3,(H,27,29). The van der Waals surface area contributed by atoms with Gasteiger partial charge in [-0.3, -0.25) is 9.48 Å². The molecule has 3 aromatic rings. The number of carbonyl (C=O) groups is 1. The van der Waals surface area contributed by atoms with E-state index in [9.17, 15) is 4.79 Å². The number of aromatic nitrogens is 2. The van der Waals surface area contributed by atoms with Crippen molar-refractivity contribution in [3.8, 4) is 11.8 Å². The monoisotopic (exact) mass is 383 g/mol. The molecule has 144 valence electrons. The zero-order valence-corrected chi connectivity index (χ0v) is 16.4. The number of rotatable bonds is 3. The summed E-state index contributed by atoms with van der Waals surface area (Å²) in [7, 11) is 0. The Morgan fingerprint density at radius 2 is 2.03 bits per heavy atom. The highest BCUT2D eigenvalue weighted by atomic mass is 16.2. The summed E-state index contributed by atoms with van der Waals surface area (Å²) in [5, 5.41) is 12.2. The van der Waals surface area contributed by atoms with Gasteiger partial charge in [0.25, 0.3) is 5.91 Å². The summed E-state index contributed by atoms with van der Waals surface area (Å²) >= 11 is 0. The molecule has 0 atom stereocenters. The third kappa shape index (κ3) is 3.59. The molecule has 1 aromatic heterocycles. The lowest BCUT2D eigenvalue weighted by atomic mass is 10.0. The van der Waals surface area contributed by atoms with Crippen molar-refractivity contribution < 1.29 is 4.79 Å². The van der Waals surface area contributed by atoms with Gasteiger partial charge >= 0.3 is 0 Å². The maximum absolute atomic E-state index is 13.1. The van der Waals surface area contributed by atoms with E-state index >= 15 is 0 Å². The minimum absolute atomic E-state index is 0.191. The molecule has 6 nitrogen and oxygen atoms in total. The van der Waals surface area contributed by atoms with E-state index in [1.807, 2.05) is 38.1 Å². The summed E-state index contributed by atoms with van der Waals surface area (Å²) in [4.78, 5) is 16.7. The maximum atomic E-state index is 13.1. The van der Waals surface area contributed by atoms with Crippen LogP contribution in [0.1, 0.15) is 19.4 Å². The minimum atomic E-state index is -0.905. The Bertz CT molecular complexity index is 1190. The van der Waals surface area contributed by atoms with Gasteiger partial charge in [0.2, 0.25) is 0 Å². The Balaban J connectivity index is 1.58. The van der Waals surface area contributed by atoms with Crippen LogP contribution in [0.15, 0.2) is 48.8 Å². The average Bonchev–Trinajstić information content (AvgIpc) is 3.17.